The van der Waals surface area contributed by atoms with E-state index in [4.69, 9.17) is 5.02 Å². The summed E-state index contributed by atoms with van der Waals surface area (Å²) in [5.41, 5.74) is 0.865. The van der Waals surface area contributed by atoms with Gasteiger partial charge in [0.2, 0.25) is 0 Å². The van der Waals surface area contributed by atoms with E-state index in [0.717, 1.165) is 7.12 Å². The summed E-state index contributed by atoms with van der Waals surface area (Å²) in [7, 11) is 0.759. The first kappa shape index (κ1) is 9.55. The van der Waals surface area contributed by atoms with Gasteiger partial charge in [0.25, 0.3) is 0 Å². The zero-order valence-corrected chi connectivity index (χ0v) is 7.11. The number of alkyl halides is 2. The number of fused-ring (bicyclic) bond motifs is 1. The monoisotopic (exact) mass is 200 g/mol. The third kappa shape index (κ3) is 1.63. The summed E-state index contributed by atoms with van der Waals surface area (Å²) in [6.07, 6.45) is 0.294. The van der Waals surface area contributed by atoms with E-state index in [-0.39, 0.29) is 6.61 Å². The fraction of sp³-hybridized carbons (Fsp3) is 0.375. The summed E-state index contributed by atoms with van der Waals surface area (Å²) < 4.78 is 33.9. The van der Waals surface area contributed by atoms with Crippen molar-refractivity contribution in [2.75, 3.05) is 6.61 Å². The van der Waals surface area contributed by atoms with E-state index in [9.17, 15) is 8.78 Å². The van der Waals surface area contributed by atoms with Gasteiger partial charge in [0.15, 0.2) is 0 Å². The first-order valence-corrected chi connectivity index (χ1v) is 4.03. The molecule has 0 saturated carbocycles. The molecule has 0 aromatic rings. The molecule has 1 saturated heterocycles. The van der Waals surface area contributed by atoms with Crippen molar-refractivity contribution in [3.8, 4) is 0 Å². The maximum absolute atomic E-state index is 12.7. The minimum atomic E-state index is -3.58. The van der Waals surface area contributed by atoms with Crippen LogP contribution >= 0.6 is 0 Å². The Kier molecular flexibility index (Phi) is 2.24. The zero-order valence-electron chi connectivity index (χ0n) is 7.11. The zero-order chi connectivity index (χ0) is 10.2. The van der Waals surface area contributed by atoms with Gasteiger partial charge in [-0.25, -0.2) is 0 Å². The van der Waals surface area contributed by atoms with Gasteiger partial charge in [0, 0.05) is 0 Å². The van der Waals surface area contributed by atoms with Crippen LogP contribution in [0.15, 0.2) is 23.8 Å². The van der Waals surface area contributed by atoms with Gasteiger partial charge in [-0.2, -0.15) is 0 Å². The van der Waals surface area contributed by atoms with E-state index in [1.54, 1.807) is 12.2 Å². The molecule has 1 heterocycles. The van der Waals surface area contributed by atoms with Gasteiger partial charge < -0.3 is 0 Å². The average Bonchev–Trinajstić information content (AvgIpc) is 2.15. The molecule has 2 rings (SSSR count). The summed E-state index contributed by atoms with van der Waals surface area (Å²) >= 11 is 0. The molecule has 0 radical (unpaired) electrons. The van der Waals surface area contributed by atoms with E-state index in [1.165, 1.54) is 6.08 Å². The molecule has 1 unspecified atom stereocenters. The van der Waals surface area contributed by atoms with Crippen LogP contribution in [0.1, 0.15) is 0 Å². The Morgan fingerprint density at radius 1 is 1.57 bits per heavy atom. The quantitative estimate of drug-likeness (QED) is 0.569. The molecule has 74 valence electrons. The van der Waals surface area contributed by atoms with Crippen molar-refractivity contribution in [1.29, 1.82) is 0 Å². The normalized spacial score (nSPS) is 32.0. The summed E-state index contributed by atoms with van der Waals surface area (Å²) in [6.45, 7) is -0.195. The van der Waals surface area contributed by atoms with Crippen LogP contribution in [0.2, 0.25) is 0 Å². The van der Waals surface area contributed by atoms with Gasteiger partial charge in [-0.3, -0.25) is 0 Å². The molecule has 0 aromatic heterocycles. The van der Waals surface area contributed by atoms with Crippen LogP contribution in [0.5, 0.6) is 0 Å². The van der Waals surface area contributed by atoms with Crippen molar-refractivity contribution in [1.82, 2.24) is 0 Å². The van der Waals surface area contributed by atoms with Crippen molar-refractivity contribution in [3.63, 3.8) is 0 Å². The molecule has 1 aliphatic heterocycles. The molecule has 1 fully saturated rings. The number of allylic oxidation sites excluding steroid dienone is 2. The predicted octanol–water partition coefficient (Wildman–Crippen LogP) is 0.232. The van der Waals surface area contributed by atoms with Crippen molar-refractivity contribution in [2.24, 2.45) is 0 Å². The number of hydrogen-bond acceptors (Lipinski definition) is 3. The SMILES string of the molecule is OB=C1C=CC=C2COC(F)(F)OC12. The molecule has 1 N–H and O–H groups in total. The van der Waals surface area contributed by atoms with Crippen LogP contribution in [0.3, 0.4) is 0 Å². The van der Waals surface area contributed by atoms with Gasteiger partial charge in [-0.05, 0) is 0 Å². The second-order valence-corrected chi connectivity index (χ2v) is 2.98. The van der Waals surface area contributed by atoms with Gasteiger partial charge in [0.05, 0.1) is 0 Å². The summed E-state index contributed by atoms with van der Waals surface area (Å²) in [5.74, 6) is 0. The van der Waals surface area contributed by atoms with Gasteiger partial charge in [-0.15, -0.1) is 0 Å². The molecule has 2 aliphatic rings. The Bertz CT molecular complexity index is 335. The van der Waals surface area contributed by atoms with Crippen molar-refractivity contribution >= 4 is 12.6 Å². The Hall–Kier alpha value is -1.01. The van der Waals surface area contributed by atoms with Crippen molar-refractivity contribution < 1.29 is 23.3 Å². The van der Waals surface area contributed by atoms with Gasteiger partial charge in [-0.1, -0.05) is 0 Å². The third-order valence-electron chi connectivity index (χ3n) is 2.05. The van der Waals surface area contributed by atoms with Crippen LogP contribution < -0.4 is 0 Å². The van der Waals surface area contributed by atoms with E-state index >= 15 is 0 Å². The third-order valence-corrected chi connectivity index (χ3v) is 2.05. The second-order valence-electron chi connectivity index (χ2n) is 2.98. The summed E-state index contributed by atoms with van der Waals surface area (Å²) in [5, 5.41) is 8.79. The molecular weight excluding hydrogens is 193 g/mol. The summed E-state index contributed by atoms with van der Waals surface area (Å²) in [4.78, 5) is 0. The predicted molar refractivity (Wildman–Crippen MR) is 46.0 cm³/mol. The Labute approximate surface area is 79.6 Å². The maximum atomic E-state index is 12.7. The molecule has 0 bridgehead atoms. The number of halogens is 2. The molecule has 0 spiro atoms. The molecule has 3 nitrogen and oxygen atoms in total. The average molecular weight is 200 g/mol. The Morgan fingerprint density at radius 2 is 2.36 bits per heavy atom. The molecule has 0 aromatic carbocycles. The minimum absolute atomic E-state index is 0.195. The molecule has 14 heavy (non-hydrogen) atoms. The Balaban J connectivity index is 2.27. The molecule has 1 aliphatic carbocycles. The first-order valence-electron chi connectivity index (χ1n) is 4.03. The number of ether oxygens (including phenoxy) is 2. The van der Waals surface area contributed by atoms with Crippen molar-refractivity contribution in [3.05, 3.63) is 23.8 Å². The first-order chi connectivity index (χ1) is 6.62. The summed E-state index contributed by atoms with van der Waals surface area (Å²) in [6, 6.07) is 0. The second kappa shape index (κ2) is 3.29. The standard InChI is InChI=1S/C8H7BF2O3/c10-8(11)13-4-5-2-1-3-6(9-12)7(5)14-8/h1-3,7,12H,4H2. The van der Waals surface area contributed by atoms with Crippen LogP contribution in [-0.2, 0) is 9.47 Å². The van der Waals surface area contributed by atoms with E-state index in [0.29, 0.717) is 11.0 Å². The molecule has 0 amide bonds. The number of hydrogen-bond donors (Lipinski definition) is 1. The number of rotatable bonds is 0. The fourth-order valence-corrected chi connectivity index (χ4v) is 1.39. The van der Waals surface area contributed by atoms with Crippen LogP contribution in [0, 0.1) is 0 Å². The Morgan fingerprint density at radius 3 is 3.07 bits per heavy atom. The van der Waals surface area contributed by atoms with Crippen LogP contribution in [0.25, 0.3) is 0 Å². The molecule has 6 heteroatoms. The molecule has 1 atom stereocenters. The van der Waals surface area contributed by atoms with Gasteiger partial charge >= 0.3 is 78.7 Å². The van der Waals surface area contributed by atoms with Crippen LogP contribution in [0.4, 0.5) is 8.78 Å². The van der Waals surface area contributed by atoms with Gasteiger partial charge in [0.1, 0.15) is 0 Å². The van der Waals surface area contributed by atoms with Crippen LogP contribution in [-0.4, -0.2) is 36.6 Å². The van der Waals surface area contributed by atoms with E-state index in [1.807, 2.05) is 0 Å². The topological polar surface area (TPSA) is 38.7 Å². The van der Waals surface area contributed by atoms with E-state index in [2.05, 4.69) is 9.47 Å². The van der Waals surface area contributed by atoms with E-state index < -0.39 is 12.4 Å². The molecular formula is C8H7BF2O3. The van der Waals surface area contributed by atoms with Crippen molar-refractivity contribution in [2.45, 2.75) is 12.4 Å². The fourth-order valence-electron chi connectivity index (χ4n) is 1.39.